The molecule has 5 heteroatoms. The lowest BCUT2D eigenvalue weighted by Crippen LogP contribution is -2.38. The minimum atomic E-state index is -0.122. The van der Waals surface area contributed by atoms with Gasteiger partial charge in [0.25, 0.3) is 5.91 Å². The number of nitrogens with zero attached hydrogens (tertiary/aromatic N) is 1. The number of carbonyl (C=O) groups is 1. The van der Waals surface area contributed by atoms with Gasteiger partial charge >= 0.3 is 0 Å². The molecule has 0 fully saturated rings. The van der Waals surface area contributed by atoms with E-state index >= 15 is 0 Å². The van der Waals surface area contributed by atoms with Crippen LogP contribution in [0.15, 0.2) is 24.3 Å². The predicted octanol–water partition coefficient (Wildman–Crippen LogP) is 1.91. The largest absolute Gasteiger partial charge is 0.347 e. The molecule has 0 bridgehead atoms. The van der Waals surface area contributed by atoms with Crippen LogP contribution in [0.3, 0.4) is 0 Å². The lowest BCUT2D eigenvalue weighted by Gasteiger charge is -2.11. The van der Waals surface area contributed by atoms with Crippen molar-refractivity contribution in [1.82, 2.24) is 9.88 Å². The molecular weight excluding hydrogens is 250 g/mol. The minimum absolute atomic E-state index is 0.0425. The molecule has 1 atom stereocenters. The number of hydrogen-bond acceptors (Lipinski definition) is 2. The molecule has 2 rings (SSSR count). The molecule has 0 aliphatic carbocycles. The molecular formula is C13H16ClN3O. The van der Waals surface area contributed by atoms with Crippen LogP contribution >= 0.6 is 11.6 Å². The zero-order chi connectivity index (χ0) is 13.3. The maximum Gasteiger partial charge on any atom is 0.268 e. The average Bonchev–Trinajstić information content (AvgIpc) is 2.66. The number of amides is 1. The Bertz CT molecular complexity index is 591. The van der Waals surface area contributed by atoms with Crippen LogP contribution < -0.4 is 11.1 Å². The van der Waals surface area contributed by atoms with Gasteiger partial charge in [-0.25, -0.2) is 0 Å². The third-order valence-electron chi connectivity index (χ3n) is 2.97. The molecule has 1 aromatic heterocycles. The summed E-state index contributed by atoms with van der Waals surface area (Å²) in [6.45, 7) is 2.29. The van der Waals surface area contributed by atoms with E-state index in [1.165, 1.54) is 0 Å². The summed E-state index contributed by atoms with van der Waals surface area (Å²) in [5, 5.41) is 4.50. The van der Waals surface area contributed by atoms with Gasteiger partial charge in [0.1, 0.15) is 5.69 Å². The number of aryl methyl sites for hydroxylation is 1. The average molecular weight is 266 g/mol. The van der Waals surface area contributed by atoms with E-state index in [4.69, 9.17) is 17.3 Å². The van der Waals surface area contributed by atoms with Gasteiger partial charge in [-0.15, -0.1) is 0 Å². The van der Waals surface area contributed by atoms with Crippen LogP contribution in [0.4, 0.5) is 0 Å². The summed E-state index contributed by atoms with van der Waals surface area (Å²) in [5.74, 6) is -0.122. The molecule has 0 aliphatic heterocycles. The molecule has 0 saturated heterocycles. The molecule has 3 N–H and O–H groups in total. The van der Waals surface area contributed by atoms with Crippen molar-refractivity contribution in [1.29, 1.82) is 0 Å². The standard InChI is InChI=1S/C13H16ClN3O/c1-8(7-15)16-13(18)12-5-9-3-4-10(14)6-11(9)17(12)2/h3-6,8H,7,15H2,1-2H3,(H,16,18). The fourth-order valence-electron chi connectivity index (χ4n) is 1.88. The summed E-state index contributed by atoms with van der Waals surface area (Å²) in [7, 11) is 1.85. The van der Waals surface area contributed by atoms with Crippen LogP contribution in [0.2, 0.25) is 5.02 Å². The quantitative estimate of drug-likeness (QED) is 0.891. The van der Waals surface area contributed by atoms with Gasteiger partial charge in [0.2, 0.25) is 0 Å². The Morgan fingerprint density at radius 2 is 2.22 bits per heavy atom. The number of hydrogen-bond donors (Lipinski definition) is 2. The van der Waals surface area contributed by atoms with Crippen LogP contribution in [-0.2, 0) is 7.05 Å². The van der Waals surface area contributed by atoms with Crippen molar-refractivity contribution < 1.29 is 4.79 Å². The molecule has 96 valence electrons. The van der Waals surface area contributed by atoms with Gasteiger partial charge in [-0.3, -0.25) is 4.79 Å². The molecule has 2 aromatic rings. The first-order valence-corrected chi connectivity index (χ1v) is 6.16. The van der Waals surface area contributed by atoms with E-state index in [0.717, 1.165) is 10.9 Å². The van der Waals surface area contributed by atoms with E-state index in [-0.39, 0.29) is 11.9 Å². The van der Waals surface area contributed by atoms with E-state index < -0.39 is 0 Å². The van der Waals surface area contributed by atoms with Gasteiger partial charge in [-0.05, 0) is 25.1 Å². The fraction of sp³-hybridized carbons (Fsp3) is 0.308. The number of nitrogens with one attached hydrogen (secondary N) is 1. The highest BCUT2D eigenvalue weighted by Crippen LogP contribution is 2.22. The van der Waals surface area contributed by atoms with E-state index in [9.17, 15) is 4.79 Å². The number of rotatable bonds is 3. The van der Waals surface area contributed by atoms with E-state index in [1.54, 1.807) is 0 Å². The van der Waals surface area contributed by atoms with Gasteiger partial charge in [0.05, 0.1) is 0 Å². The van der Waals surface area contributed by atoms with Crippen molar-refractivity contribution in [2.24, 2.45) is 12.8 Å². The zero-order valence-corrected chi connectivity index (χ0v) is 11.2. The molecule has 1 heterocycles. The molecule has 1 aromatic carbocycles. The third-order valence-corrected chi connectivity index (χ3v) is 3.21. The van der Waals surface area contributed by atoms with Crippen molar-refractivity contribution >= 4 is 28.4 Å². The first-order valence-electron chi connectivity index (χ1n) is 5.79. The fourth-order valence-corrected chi connectivity index (χ4v) is 2.04. The van der Waals surface area contributed by atoms with E-state index in [1.807, 2.05) is 42.8 Å². The van der Waals surface area contributed by atoms with E-state index in [2.05, 4.69) is 5.32 Å². The number of carbonyl (C=O) groups excluding carboxylic acids is 1. The number of halogens is 1. The maximum atomic E-state index is 12.1. The maximum absolute atomic E-state index is 12.1. The normalized spacial score (nSPS) is 12.7. The second-order valence-corrected chi connectivity index (χ2v) is 4.84. The molecule has 4 nitrogen and oxygen atoms in total. The van der Waals surface area contributed by atoms with Crippen LogP contribution in [0.1, 0.15) is 17.4 Å². The predicted molar refractivity (Wildman–Crippen MR) is 73.9 cm³/mol. The Kier molecular flexibility index (Phi) is 3.59. The van der Waals surface area contributed by atoms with Gasteiger partial charge < -0.3 is 15.6 Å². The highest BCUT2D eigenvalue weighted by molar-refractivity contribution is 6.31. The Hall–Kier alpha value is -1.52. The zero-order valence-electron chi connectivity index (χ0n) is 10.4. The Morgan fingerprint density at radius 3 is 2.89 bits per heavy atom. The highest BCUT2D eigenvalue weighted by atomic mass is 35.5. The summed E-state index contributed by atoms with van der Waals surface area (Å²) in [6, 6.07) is 7.37. The summed E-state index contributed by atoms with van der Waals surface area (Å²) < 4.78 is 1.83. The molecule has 0 spiro atoms. The number of aromatic nitrogens is 1. The van der Waals surface area contributed by atoms with Crippen LogP contribution in [0.25, 0.3) is 10.9 Å². The molecule has 0 saturated carbocycles. The summed E-state index contributed by atoms with van der Waals surface area (Å²) in [4.78, 5) is 12.1. The molecule has 0 aliphatic rings. The first kappa shape index (κ1) is 12.9. The number of nitrogens with two attached hydrogens (primary N) is 1. The molecule has 1 unspecified atom stereocenters. The molecule has 0 radical (unpaired) electrons. The van der Waals surface area contributed by atoms with Gasteiger partial charge in [-0.2, -0.15) is 0 Å². The van der Waals surface area contributed by atoms with Gasteiger partial charge in [-0.1, -0.05) is 17.7 Å². The Morgan fingerprint density at radius 1 is 1.50 bits per heavy atom. The Balaban J connectivity index is 2.40. The van der Waals surface area contributed by atoms with Crippen molar-refractivity contribution in [2.45, 2.75) is 13.0 Å². The molecule has 18 heavy (non-hydrogen) atoms. The van der Waals surface area contributed by atoms with Crippen LogP contribution in [0.5, 0.6) is 0 Å². The first-order chi connectivity index (χ1) is 8.52. The second-order valence-electron chi connectivity index (χ2n) is 4.40. The highest BCUT2D eigenvalue weighted by Gasteiger charge is 2.14. The van der Waals surface area contributed by atoms with E-state index in [0.29, 0.717) is 17.3 Å². The summed E-state index contributed by atoms with van der Waals surface area (Å²) >= 11 is 5.96. The van der Waals surface area contributed by atoms with Gasteiger partial charge in [0, 0.05) is 35.6 Å². The SMILES string of the molecule is CC(CN)NC(=O)c1cc2ccc(Cl)cc2n1C. The number of benzene rings is 1. The Labute approximate surface area is 111 Å². The lowest BCUT2D eigenvalue weighted by atomic mass is 10.2. The topological polar surface area (TPSA) is 60.0 Å². The van der Waals surface area contributed by atoms with Crippen molar-refractivity contribution in [3.63, 3.8) is 0 Å². The smallest absolute Gasteiger partial charge is 0.268 e. The van der Waals surface area contributed by atoms with Crippen LogP contribution in [-0.4, -0.2) is 23.1 Å². The van der Waals surface area contributed by atoms with Gasteiger partial charge in [0.15, 0.2) is 0 Å². The second kappa shape index (κ2) is 5.00. The van der Waals surface area contributed by atoms with Crippen molar-refractivity contribution in [2.75, 3.05) is 6.54 Å². The molecule has 1 amide bonds. The lowest BCUT2D eigenvalue weighted by molar-refractivity contribution is 0.0933. The monoisotopic (exact) mass is 265 g/mol. The summed E-state index contributed by atoms with van der Waals surface area (Å²) in [6.07, 6.45) is 0. The summed E-state index contributed by atoms with van der Waals surface area (Å²) in [5.41, 5.74) is 7.03. The third kappa shape index (κ3) is 2.35. The van der Waals surface area contributed by atoms with Crippen molar-refractivity contribution in [3.8, 4) is 0 Å². The minimum Gasteiger partial charge on any atom is -0.347 e. The number of fused-ring (bicyclic) bond motifs is 1. The van der Waals surface area contributed by atoms with Crippen molar-refractivity contribution in [3.05, 3.63) is 35.0 Å². The van der Waals surface area contributed by atoms with Crippen LogP contribution in [0, 0.1) is 0 Å².